The molecule has 1 N–H and O–H groups in total. The summed E-state index contributed by atoms with van der Waals surface area (Å²) in [7, 11) is 0. The molecular weight excluding hydrogens is 258 g/mol. The SMILES string of the molecule is Cc1cc(Cl)c(-c2ccc(CNC3CC3)o2)cc1C. The van der Waals surface area contributed by atoms with Crippen molar-refractivity contribution in [2.45, 2.75) is 39.3 Å². The Morgan fingerprint density at radius 2 is 1.95 bits per heavy atom. The van der Waals surface area contributed by atoms with E-state index in [1.165, 1.54) is 24.0 Å². The van der Waals surface area contributed by atoms with Crippen molar-refractivity contribution in [1.82, 2.24) is 5.32 Å². The van der Waals surface area contributed by atoms with Gasteiger partial charge in [-0.2, -0.15) is 0 Å². The number of furan rings is 1. The molecule has 100 valence electrons. The van der Waals surface area contributed by atoms with E-state index >= 15 is 0 Å². The van der Waals surface area contributed by atoms with Crippen molar-refractivity contribution in [2.24, 2.45) is 0 Å². The Labute approximate surface area is 118 Å². The Balaban J connectivity index is 1.83. The Kier molecular flexibility index (Phi) is 3.38. The fourth-order valence-corrected chi connectivity index (χ4v) is 2.43. The molecule has 1 aliphatic rings. The van der Waals surface area contributed by atoms with Crippen LogP contribution < -0.4 is 5.32 Å². The molecule has 3 heteroatoms. The molecule has 0 aliphatic heterocycles. The van der Waals surface area contributed by atoms with E-state index in [2.05, 4.69) is 25.2 Å². The highest BCUT2D eigenvalue weighted by atomic mass is 35.5. The molecule has 2 aromatic rings. The molecule has 0 unspecified atom stereocenters. The minimum Gasteiger partial charge on any atom is -0.460 e. The van der Waals surface area contributed by atoms with Gasteiger partial charge in [0.1, 0.15) is 11.5 Å². The third kappa shape index (κ3) is 2.85. The van der Waals surface area contributed by atoms with Gasteiger partial charge >= 0.3 is 0 Å². The first-order valence-corrected chi connectivity index (χ1v) is 7.10. The van der Waals surface area contributed by atoms with Crippen LogP contribution in [0.4, 0.5) is 0 Å². The molecule has 0 saturated heterocycles. The summed E-state index contributed by atoms with van der Waals surface area (Å²) in [6.07, 6.45) is 2.58. The highest BCUT2D eigenvalue weighted by Gasteiger charge is 2.20. The van der Waals surface area contributed by atoms with Gasteiger partial charge in [0.2, 0.25) is 0 Å². The van der Waals surface area contributed by atoms with Crippen LogP contribution in [0.2, 0.25) is 5.02 Å². The lowest BCUT2D eigenvalue weighted by atomic mass is 10.0. The molecule has 19 heavy (non-hydrogen) atoms. The average Bonchev–Trinajstić information content (AvgIpc) is 3.09. The standard InChI is InChI=1S/C16H18ClNO/c1-10-7-14(15(17)8-11(10)2)16-6-5-13(19-16)9-18-12-3-4-12/h5-8,12,18H,3-4,9H2,1-2H3. The quantitative estimate of drug-likeness (QED) is 0.891. The minimum atomic E-state index is 0.693. The van der Waals surface area contributed by atoms with Crippen molar-refractivity contribution >= 4 is 11.6 Å². The van der Waals surface area contributed by atoms with Crippen LogP contribution in [0.25, 0.3) is 11.3 Å². The molecule has 1 aromatic heterocycles. The second-order valence-electron chi connectivity index (χ2n) is 5.34. The zero-order valence-corrected chi connectivity index (χ0v) is 12.1. The number of aryl methyl sites for hydroxylation is 2. The van der Waals surface area contributed by atoms with E-state index in [-0.39, 0.29) is 0 Å². The molecule has 0 amide bonds. The van der Waals surface area contributed by atoms with Gasteiger partial charge in [-0.3, -0.25) is 0 Å². The number of nitrogens with one attached hydrogen (secondary N) is 1. The summed E-state index contributed by atoms with van der Waals surface area (Å²) in [5, 5.41) is 4.20. The van der Waals surface area contributed by atoms with Crippen molar-refractivity contribution in [1.29, 1.82) is 0 Å². The highest BCUT2D eigenvalue weighted by Crippen LogP contribution is 2.32. The third-order valence-corrected chi connectivity index (χ3v) is 3.97. The van der Waals surface area contributed by atoms with Gasteiger partial charge in [-0.05, 0) is 62.1 Å². The van der Waals surface area contributed by atoms with Gasteiger partial charge in [-0.25, -0.2) is 0 Å². The molecule has 0 spiro atoms. The summed E-state index contributed by atoms with van der Waals surface area (Å²) < 4.78 is 5.88. The summed E-state index contributed by atoms with van der Waals surface area (Å²) in [6, 6.07) is 8.81. The molecular formula is C16H18ClNO. The van der Waals surface area contributed by atoms with Crippen molar-refractivity contribution in [3.05, 3.63) is 46.2 Å². The molecule has 3 rings (SSSR count). The second kappa shape index (κ2) is 5.03. The van der Waals surface area contributed by atoms with Gasteiger partial charge in [0.15, 0.2) is 0 Å². The Hall–Kier alpha value is -1.25. The largest absolute Gasteiger partial charge is 0.460 e. The predicted molar refractivity (Wildman–Crippen MR) is 78.5 cm³/mol. The average molecular weight is 276 g/mol. The summed E-state index contributed by atoms with van der Waals surface area (Å²) in [5.74, 6) is 1.82. The van der Waals surface area contributed by atoms with E-state index in [0.29, 0.717) is 6.04 Å². The lowest BCUT2D eigenvalue weighted by Crippen LogP contribution is -2.14. The fraction of sp³-hybridized carbons (Fsp3) is 0.375. The summed E-state index contributed by atoms with van der Waals surface area (Å²) in [4.78, 5) is 0. The molecule has 0 bridgehead atoms. The summed E-state index contributed by atoms with van der Waals surface area (Å²) in [5.41, 5.74) is 3.41. The first-order chi connectivity index (χ1) is 9.13. The van der Waals surface area contributed by atoms with Gasteiger partial charge < -0.3 is 9.73 Å². The Bertz CT molecular complexity index is 599. The minimum absolute atomic E-state index is 0.693. The summed E-state index contributed by atoms with van der Waals surface area (Å²) in [6.45, 7) is 4.96. The topological polar surface area (TPSA) is 25.2 Å². The van der Waals surface area contributed by atoms with Crippen molar-refractivity contribution < 1.29 is 4.42 Å². The zero-order chi connectivity index (χ0) is 13.4. The molecule has 1 heterocycles. The lowest BCUT2D eigenvalue weighted by Gasteiger charge is -2.06. The molecule has 1 saturated carbocycles. The van der Waals surface area contributed by atoms with Gasteiger partial charge in [-0.15, -0.1) is 0 Å². The number of rotatable bonds is 4. The van der Waals surface area contributed by atoms with E-state index in [1.54, 1.807) is 0 Å². The number of hydrogen-bond acceptors (Lipinski definition) is 2. The molecule has 1 fully saturated rings. The Morgan fingerprint density at radius 1 is 1.21 bits per heavy atom. The maximum Gasteiger partial charge on any atom is 0.135 e. The van der Waals surface area contributed by atoms with E-state index in [4.69, 9.17) is 16.0 Å². The van der Waals surface area contributed by atoms with E-state index in [9.17, 15) is 0 Å². The maximum absolute atomic E-state index is 6.31. The van der Waals surface area contributed by atoms with Gasteiger partial charge in [0.25, 0.3) is 0 Å². The van der Waals surface area contributed by atoms with Crippen LogP contribution in [0.3, 0.4) is 0 Å². The Morgan fingerprint density at radius 3 is 2.68 bits per heavy atom. The molecule has 0 atom stereocenters. The van der Waals surface area contributed by atoms with Crippen molar-refractivity contribution in [3.8, 4) is 11.3 Å². The molecule has 0 radical (unpaired) electrons. The number of halogens is 1. The maximum atomic E-state index is 6.31. The van der Waals surface area contributed by atoms with Crippen LogP contribution in [0, 0.1) is 13.8 Å². The molecule has 2 nitrogen and oxygen atoms in total. The van der Waals surface area contributed by atoms with Gasteiger partial charge in [-0.1, -0.05) is 11.6 Å². The van der Waals surface area contributed by atoms with E-state index in [0.717, 1.165) is 28.7 Å². The highest BCUT2D eigenvalue weighted by molar-refractivity contribution is 6.33. The fourth-order valence-electron chi connectivity index (χ4n) is 2.12. The predicted octanol–water partition coefficient (Wildman–Crippen LogP) is 4.47. The van der Waals surface area contributed by atoms with Gasteiger partial charge in [0, 0.05) is 11.6 Å². The van der Waals surface area contributed by atoms with Crippen LogP contribution in [0.5, 0.6) is 0 Å². The molecule has 1 aromatic carbocycles. The zero-order valence-electron chi connectivity index (χ0n) is 11.3. The number of benzene rings is 1. The second-order valence-corrected chi connectivity index (χ2v) is 5.74. The van der Waals surface area contributed by atoms with Crippen LogP contribution >= 0.6 is 11.6 Å². The van der Waals surface area contributed by atoms with Crippen LogP contribution in [-0.4, -0.2) is 6.04 Å². The summed E-state index contributed by atoms with van der Waals surface area (Å²) >= 11 is 6.31. The molecule has 1 aliphatic carbocycles. The van der Waals surface area contributed by atoms with Crippen molar-refractivity contribution in [3.63, 3.8) is 0 Å². The van der Waals surface area contributed by atoms with E-state index < -0.39 is 0 Å². The third-order valence-electron chi connectivity index (χ3n) is 3.65. The lowest BCUT2D eigenvalue weighted by molar-refractivity contribution is 0.492. The van der Waals surface area contributed by atoms with Crippen LogP contribution in [-0.2, 0) is 6.54 Å². The first-order valence-electron chi connectivity index (χ1n) is 6.72. The first kappa shape index (κ1) is 12.8. The normalized spacial score (nSPS) is 14.9. The van der Waals surface area contributed by atoms with Crippen LogP contribution in [0.15, 0.2) is 28.7 Å². The van der Waals surface area contributed by atoms with Crippen molar-refractivity contribution in [2.75, 3.05) is 0 Å². The van der Waals surface area contributed by atoms with E-state index in [1.807, 2.05) is 18.2 Å². The monoisotopic (exact) mass is 275 g/mol. The van der Waals surface area contributed by atoms with Crippen LogP contribution in [0.1, 0.15) is 29.7 Å². The smallest absolute Gasteiger partial charge is 0.135 e. The van der Waals surface area contributed by atoms with Gasteiger partial charge in [0.05, 0.1) is 11.6 Å². The number of hydrogen-bond donors (Lipinski definition) is 1.